The molecule has 24 heavy (non-hydrogen) atoms. The van der Waals surface area contributed by atoms with Gasteiger partial charge in [-0.15, -0.1) is 0 Å². The molecule has 0 bridgehead atoms. The molecule has 2 amide bonds. The first-order valence-corrected chi connectivity index (χ1v) is 7.07. The molecule has 0 aromatic heterocycles. The Hall–Kier alpha value is -3.00. The van der Waals surface area contributed by atoms with Crippen LogP contribution in [0.3, 0.4) is 0 Å². The van der Waals surface area contributed by atoms with Crippen LogP contribution in [0.25, 0.3) is 0 Å². The predicted molar refractivity (Wildman–Crippen MR) is 86.1 cm³/mol. The van der Waals surface area contributed by atoms with Gasteiger partial charge in [0.1, 0.15) is 5.82 Å². The molecule has 0 unspecified atom stereocenters. The molecule has 2 N–H and O–H groups in total. The standard InChI is InChI=1S/C16H16FN3O4/c1-19(10-15(21)11-5-7-12(17)8-6-11)16(22)18-13-3-2-4-14(9-13)20(23)24/h2-9,15,21H,10H2,1H3,(H,18,22)/t15-/m0/s1. The van der Waals surface area contributed by atoms with Crippen molar-refractivity contribution in [2.24, 2.45) is 0 Å². The van der Waals surface area contributed by atoms with E-state index in [2.05, 4.69) is 5.32 Å². The highest BCUT2D eigenvalue weighted by Gasteiger charge is 2.16. The van der Waals surface area contributed by atoms with Crippen molar-refractivity contribution in [3.63, 3.8) is 0 Å². The van der Waals surface area contributed by atoms with Gasteiger partial charge in [-0.3, -0.25) is 10.1 Å². The molecule has 0 spiro atoms. The molecule has 2 rings (SSSR count). The minimum Gasteiger partial charge on any atom is -0.387 e. The molecule has 126 valence electrons. The average molecular weight is 333 g/mol. The van der Waals surface area contributed by atoms with Crippen molar-refractivity contribution < 1.29 is 19.2 Å². The summed E-state index contributed by atoms with van der Waals surface area (Å²) in [6, 6.07) is 10.3. The summed E-state index contributed by atoms with van der Waals surface area (Å²) in [6.07, 6.45) is -0.980. The SMILES string of the molecule is CN(C[C@H](O)c1ccc(F)cc1)C(=O)Nc1cccc([N+](=O)[O-])c1. The third-order valence-corrected chi connectivity index (χ3v) is 3.36. The number of halogens is 1. The van der Waals surface area contributed by atoms with E-state index in [4.69, 9.17) is 0 Å². The smallest absolute Gasteiger partial charge is 0.321 e. The Labute approximate surface area is 137 Å². The Bertz CT molecular complexity index is 736. The van der Waals surface area contributed by atoms with Gasteiger partial charge in [-0.25, -0.2) is 9.18 Å². The highest BCUT2D eigenvalue weighted by atomic mass is 19.1. The molecule has 2 aromatic rings. The van der Waals surface area contributed by atoms with Crippen molar-refractivity contribution in [2.45, 2.75) is 6.10 Å². The van der Waals surface area contributed by atoms with Gasteiger partial charge in [0.05, 0.1) is 17.6 Å². The number of nitrogens with one attached hydrogen (secondary N) is 1. The molecule has 0 saturated heterocycles. The van der Waals surface area contributed by atoms with Crippen LogP contribution >= 0.6 is 0 Å². The maximum atomic E-state index is 12.9. The van der Waals surface area contributed by atoms with Gasteiger partial charge in [0, 0.05) is 24.9 Å². The Morgan fingerprint density at radius 1 is 1.33 bits per heavy atom. The number of aliphatic hydroxyl groups excluding tert-OH is 1. The van der Waals surface area contributed by atoms with Crippen molar-refractivity contribution in [3.05, 3.63) is 70.0 Å². The Balaban J connectivity index is 1.98. The quantitative estimate of drug-likeness (QED) is 0.649. The summed E-state index contributed by atoms with van der Waals surface area (Å²) in [5.41, 5.74) is 0.616. The summed E-state index contributed by atoms with van der Waals surface area (Å²) in [7, 11) is 1.47. The lowest BCUT2D eigenvalue weighted by atomic mass is 10.1. The van der Waals surface area contributed by atoms with Crippen LogP contribution < -0.4 is 5.32 Å². The molecule has 0 aliphatic rings. The highest BCUT2D eigenvalue weighted by molar-refractivity contribution is 5.89. The Morgan fingerprint density at radius 2 is 2.00 bits per heavy atom. The lowest BCUT2D eigenvalue weighted by Crippen LogP contribution is -2.34. The molecule has 7 nitrogen and oxygen atoms in total. The number of anilines is 1. The fraction of sp³-hybridized carbons (Fsp3) is 0.188. The number of aliphatic hydroxyl groups is 1. The summed E-state index contributed by atoms with van der Waals surface area (Å²) < 4.78 is 12.9. The second-order valence-electron chi connectivity index (χ2n) is 5.19. The summed E-state index contributed by atoms with van der Waals surface area (Å²) in [6.45, 7) is -0.0214. The molecular weight excluding hydrogens is 317 g/mol. The van der Waals surface area contributed by atoms with Crippen LogP contribution in [0.4, 0.5) is 20.6 Å². The summed E-state index contributed by atoms with van der Waals surface area (Å²) in [5, 5.41) is 23.3. The van der Waals surface area contributed by atoms with Gasteiger partial charge in [0.25, 0.3) is 5.69 Å². The van der Waals surface area contributed by atoms with E-state index in [1.165, 1.54) is 60.5 Å². The lowest BCUT2D eigenvalue weighted by molar-refractivity contribution is -0.384. The largest absolute Gasteiger partial charge is 0.387 e. The number of amides is 2. The van der Waals surface area contributed by atoms with Gasteiger partial charge >= 0.3 is 6.03 Å². The molecule has 0 fully saturated rings. The maximum absolute atomic E-state index is 12.9. The van der Waals surface area contributed by atoms with Gasteiger partial charge in [-0.2, -0.15) is 0 Å². The van der Waals surface area contributed by atoms with Gasteiger partial charge < -0.3 is 15.3 Å². The van der Waals surface area contributed by atoms with E-state index < -0.39 is 22.9 Å². The molecule has 0 aliphatic carbocycles. The number of benzene rings is 2. The number of urea groups is 1. The number of non-ortho nitro benzene ring substituents is 1. The topological polar surface area (TPSA) is 95.7 Å². The molecule has 0 aliphatic heterocycles. The minimum absolute atomic E-state index is 0.0214. The van der Waals surface area contributed by atoms with Crippen LogP contribution in [-0.4, -0.2) is 34.6 Å². The first-order valence-electron chi connectivity index (χ1n) is 7.07. The van der Waals surface area contributed by atoms with Crippen molar-refractivity contribution in [2.75, 3.05) is 18.9 Å². The van der Waals surface area contributed by atoms with Crippen molar-refractivity contribution >= 4 is 17.4 Å². The van der Waals surface area contributed by atoms with Crippen LogP contribution in [0, 0.1) is 15.9 Å². The molecule has 1 atom stereocenters. The van der Waals surface area contributed by atoms with E-state index in [-0.39, 0.29) is 17.9 Å². The van der Waals surface area contributed by atoms with Crippen LogP contribution in [-0.2, 0) is 0 Å². The van der Waals surface area contributed by atoms with E-state index in [1.54, 1.807) is 0 Å². The zero-order valence-electron chi connectivity index (χ0n) is 12.8. The van der Waals surface area contributed by atoms with Crippen molar-refractivity contribution in [1.29, 1.82) is 0 Å². The first-order chi connectivity index (χ1) is 11.4. The number of likely N-dealkylation sites (N-methyl/N-ethyl adjacent to an activating group) is 1. The van der Waals surface area contributed by atoms with E-state index in [0.717, 1.165) is 0 Å². The summed E-state index contributed by atoms with van der Waals surface area (Å²) in [4.78, 5) is 23.5. The van der Waals surface area contributed by atoms with E-state index in [0.29, 0.717) is 5.56 Å². The minimum atomic E-state index is -0.980. The predicted octanol–water partition coefficient (Wildman–Crippen LogP) is 2.93. The van der Waals surface area contributed by atoms with Gasteiger partial charge in [0.2, 0.25) is 0 Å². The number of rotatable bonds is 5. The number of hydrogen-bond donors (Lipinski definition) is 2. The van der Waals surface area contributed by atoms with E-state index in [9.17, 15) is 24.4 Å². The highest BCUT2D eigenvalue weighted by Crippen LogP contribution is 2.18. The number of nitrogens with zero attached hydrogens (tertiary/aromatic N) is 2. The average Bonchev–Trinajstić information content (AvgIpc) is 2.55. The van der Waals surface area contributed by atoms with Crippen LogP contribution in [0.5, 0.6) is 0 Å². The number of nitro benzene ring substituents is 1. The number of carbonyl (C=O) groups excluding carboxylic acids is 1. The summed E-state index contributed by atoms with van der Waals surface area (Å²) >= 11 is 0. The second-order valence-corrected chi connectivity index (χ2v) is 5.19. The number of carbonyl (C=O) groups is 1. The Morgan fingerprint density at radius 3 is 2.62 bits per heavy atom. The Kier molecular flexibility index (Phi) is 5.43. The zero-order chi connectivity index (χ0) is 17.7. The normalized spacial score (nSPS) is 11.6. The lowest BCUT2D eigenvalue weighted by Gasteiger charge is -2.21. The van der Waals surface area contributed by atoms with Crippen LogP contribution in [0.2, 0.25) is 0 Å². The molecule has 0 radical (unpaired) electrons. The molecule has 8 heteroatoms. The monoisotopic (exact) mass is 333 g/mol. The van der Waals surface area contributed by atoms with Crippen molar-refractivity contribution in [3.8, 4) is 0 Å². The van der Waals surface area contributed by atoms with Gasteiger partial charge in [0.15, 0.2) is 0 Å². The summed E-state index contributed by atoms with van der Waals surface area (Å²) in [5.74, 6) is -0.414. The molecule has 0 saturated carbocycles. The fourth-order valence-electron chi connectivity index (χ4n) is 2.05. The van der Waals surface area contributed by atoms with Crippen molar-refractivity contribution in [1.82, 2.24) is 4.90 Å². The fourth-order valence-corrected chi connectivity index (χ4v) is 2.05. The molecular formula is C16H16FN3O4. The van der Waals surface area contributed by atoms with Crippen LogP contribution in [0.1, 0.15) is 11.7 Å². The third kappa shape index (κ3) is 4.50. The zero-order valence-corrected chi connectivity index (χ0v) is 12.8. The van der Waals surface area contributed by atoms with Gasteiger partial charge in [-0.1, -0.05) is 18.2 Å². The molecule has 2 aromatic carbocycles. The van der Waals surface area contributed by atoms with Gasteiger partial charge in [-0.05, 0) is 23.8 Å². The maximum Gasteiger partial charge on any atom is 0.321 e. The van der Waals surface area contributed by atoms with E-state index >= 15 is 0 Å². The van der Waals surface area contributed by atoms with Crippen LogP contribution in [0.15, 0.2) is 48.5 Å². The second kappa shape index (κ2) is 7.51. The first kappa shape index (κ1) is 17.4. The molecule has 0 heterocycles. The number of hydrogen-bond acceptors (Lipinski definition) is 4. The third-order valence-electron chi connectivity index (χ3n) is 3.36. The number of nitro groups is 1. The van der Waals surface area contributed by atoms with E-state index in [1.807, 2.05) is 0 Å².